The van der Waals surface area contributed by atoms with Crippen molar-refractivity contribution in [1.29, 1.82) is 0 Å². The minimum Gasteiger partial charge on any atom is -0.310 e. The summed E-state index contributed by atoms with van der Waals surface area (Å²) in [6.07, 6.45) is 1.29. The van der Waals surface area contributed by atoms with Crippen molar-refractivity contribution < 1.29 is 1.43 Å². The molecule has 1 atom stereocenters. The van der Waals surface area contributed by atoms with Gasteiger partial charge in [-0.2, -0.15) is 0 Å². The summed E-state index contributed by atoms with van der Waals surface area (Å²) in [7, 11) is 0. The Balaban J connectivity index is 0.00000144. The van der Waals surface area contributed by atoms with Crippen LogP contribution in [0.4, 0.5) is 0 Å². The Labute approximate surface area is 77.8 Å². The smallest absolute Gasteiger partial charge is 0.0292 e. The Morgan fingerprint density at radius 2 is 2.25 bits per heavy atom. The predicted octanol–water partition coefficient (Wildman–Crippen LogP) is 1.71. The number of nitrogens with zero attached hydrogens (tertiary/aromatic N) is 1. The average Bonchev–Trinajstić information content (AvgIpc) is 2.33. The molecule has 1 heterocycles. The van der Waals surface area contributed by atoms with Gasteiger partial charge >= 0.3 is 0 Å². The molecule has 2 nitrogen and oxygen atoms in total. The first-order valence-corrected chi connectivity index (χ1v) is 5.06. The maximum atomic E-state index is 3.56. The van der Waals surface area contributed by atoms with Gasteiger partial charge in [-0.3, -0.25) is 4.90 Å². The first-order valence-electron chi connectivity index (χ1n) is 5.06. The van der Waals surface area contributed by atoms with Crippen LogP contribution >= 0.6 is 0 Å². The second kappa shape index (κ2) is 3.75. The number of rotatable bonds is 3. The van der Waals surface area contributed by atoms with Gasteiger partial charge in [0.15, 0.2) is 0 Å². The van der Waals surface area contributed by atoms with Crippen molar-refractivity contribution in [1.82, 2.24) is 10.2 Å². The highest BCUT2D eigenvalue weighted by molar-refractivity contribution is 4.93. The second-order valence-corrected chi connectivity index (χ2v) is 4.41. The molecule has 0 aromatic carbocycles. The molecule has 0 spiro atoms. The van der Waals surface area contributed by atoms with E-state index in [4.69, 9.17) is 0 Å². The normalized spacial score (nSPS) is 31.8. The maximum Gasteiger partial charge on any atom is 0.0292 e. The van der Waals surface area contributed by atoms with E-state index in [0.29, 0.717) is 11.6 Å². The number of hydrogen-bond donors (Lipinski definition) is 1. The Kier molecular flexibility index (Phi) is 3.13. The van der Waals surface area contributed by atoms with Crippen LogP contribution in [0.1, 0.15) is 35.5 Å². The average molecular weight is 172 g/mol. The first-order chi connectivity index (χ1) is 5.57. The lowest BCUT2D eigenvalue weighted by molar-refractivity contribution is 0.248. The van der Waals surface area contributed by atoms with Gasteiger partial charge < -0.3 is 5.32 Å². The summed E-state index contributed by atoms with van der Waals surface area (Å²) >= 11 is 0. The SMILES string of the molecule is CCNC1(C)CCN(C(C)C)C1.[HH]. The standard InChI is InChI=1S/C10H22N2.H2/c1-5-11-10(4)6-7-12(8-10)9(2)3;/h9,11H,5-8H2,1-4H3;1H. The van der Waals surface area contributed by atoms with Gasteiger partial charge in [0.1, 0.15) is 0 Å². The summed E-state index contributed by atoms with van der Waals surface area (Å²) in [6, 6.07) is 0.700. The maximum absolute atomic E-state index is 3.56. The van der Waals surface area contributed by atoms with Gasteiger partial charge in [-0.05, 0) is 33.7 Å². The van der Waals surface area contributed by atoms with Crippen LogP contribution in [0.15, 0.2) is 0 Å². The highest BCUT2D eigenvalue weighted by Crippen LogP contribution is 2.21. The van der Waals surface area contributed by atoms with E-state index in [-0.39, 0.29) is 1.43 Å². The van der Waals surface area contributed by atoms with Crippen LogP contribution in [0.2, 0.25) is 0 Å². The van der Waals surface area contributed by atoms with Crippen molar-refractivity contribution in [2.24, 2.45) is 0 Å². The summed E-state index contributed by atoms with van der Waals surface area (Å²) in [6.45, 7) is 12.6. The van der Waals surface area contributed by atoms with E-state index >= 15 is 0 Å². The molecule has 0 aromatic heterocycles. The molecule has 74 valence electrons. The summed E-state index contributed by atoms with van der Waals surface area (Å²) in [4.78, 5) is 2.54. The molecule has 1 aliphatic heterocycles. The Hall–Kier alpha value is -0.0800. The molecule has 12 heavy (non-hydrogen) atoms. The lowest BCUT2D eigenvalue weighted by atomic mass is 10.0. The molecule has 0 aliphatic carbocycles. The largest absolute Gasteiger partial charge is 0.310 e. The zero-order valence-electron chi connectivity index (χ0n) is 8.85. The van der Waals surface area contributed by atoms with Crippen LogP contribution in [0.25, 0.3) is 0 Å². The van der Waals surface area contributed by atoms with E-state index in [9.17, 15) is 0 Å². The van der Waals surface area contributed by atoms with Gasteiger partial charge in [0, 0.05) is 26.1 Å². The fraction of sp³-hybridized carbons (Fsp3) is 1.00. The highest BCUT2D eigenvalue weighted by Gasteiger charge is 2.33. The number of likely N-dealkylation sites (tertiary alicyclic amines) is 1. The van der Waals surface area contributed by atoms with E-state index in [1.807, 2.05) is 0 Å². The van der Waals surface area contributed by atoms with Gasteiger partial charge in [0.05, 0.1) is 0 Å². The van der Waals surface area contributed by atoms with E-state index in [0.717, 1.165) is 6.54 Å². The fourth-order valence-corrected chi connectivity index (χ4v) is 2.01. The van der Waals surface area contributed by atoms with Crippen LogP contribution in [0.5, 0.6) is 0 Å². The van der Waals surface area contributed by atoms with Crippen molar-refractivity contribution >= 4 is 0 Å². The molecule has 0 saturated carbocycles. The zero-order valence-corrected chi connectivity index (χ0v) is 8.85. The molecule has 1 saturated heterocycles. The zero-order chi connectivity index (χ0) is 9.19. The quantitative estimate of drug-likeness (QED) is 0.697. The predicted molar refractivity (Wildman–Crippen MR) is 55.5 cm³/mol. The molecular weight excluding hydrogens is 148 g/mol. The van der Waals surface area contributed by atoms with Crippen LogP contribution in [-0.2, 0) is 0 Å². The Morgan fingerprint density at radius 1 is 1.58 bits per heavy atom. The van der Waals surface area contributed by atoms with E-state index in [1.54, 1.807) is 0 Å². The van der Waals surface area contributed by atoms with Crippen molar-refractivity contribution in [3.63, 3.8) is 0 Å². The van der Waals surface area contributed by atoms with E-state index < -0.39 is 0 Å². The first kappa shape index (κ1) is 10.0. The van der Waals surface area contributed by atoms with Crippen molar-refractivity contribution in [3.8, 4) is 0 Å². The topological polar surface area (TPSA) is 15.3 Å². The number of nitrogens with one attached hydrogen (secondary N) is 1. The van der Waals surface area contributed by atoms with E-state index in [2.05, 4.69) is 37.9 Å². The second-order valence-electron chi connectivity index (χ2n) is 4.41. The van der Waals surface area contributed by atoms with Crippen molar-refractivity contribution in [3.05, 3.63) is 0 Å². The molecule has 0 amide bonds. The third kappa shape index (κ3) is 2.20. The molecule has 1 aliphatic rings. The Morgan fingerprint density at radius 3 is 2.67 bits per heavy atom. The van der Waals surface area contributed by atoms with Crippen LogP contribution in [0, 0.1) is 0 Å². The van der Waals surface area contributed by atoms with E-state index in [1.165, 1.54) is 19.5 Å². The van der Waals surface area contributed by atoms with Crippen LogP contribution in [0.3, 0.4) is 0 Å². The van der Waals surface area contributed by atoms with Gasteiger partial charge in [-0.25, -0.2) is 0 Å². The summed E-state index contributed by atoms with van der Waals surface area (Å²) in [5.74, 6) is 0. The van der Waals surface area contributed by atoms with Gasteiger partial charge in [0.25, 0.3) is 0 Å². The summed E-state index contributed by atoms with van der Waals surface area (Å²) in [5.41, 5.74) is 0.374. The Bertz CT molecular complexity index is 150. The summed E-state index contributed by atoms with van der Waals surface area (Å²) < 4.78 is 0. The fourth-order valence-electron chi connectivity index (χ4n) is 2.01. The van der Waals surface area contributed by atoms with Crippen LogP contribution in [-0.4, -0.2) is 36.1 Å². The molecule has 1 fully saturated rings. The molecule has 1 rings (SSSR count). The monoisotopic (exact) mass is 172 g/mol. The highest BCUT2D eigenvalue weighted by atomic mass is 15.2. The molecule has 0 aromatic rings. The molecule has 0 radical (unpaired) electrons. The lowest BCUT2D eigenvalue weighted by Crippen LogP contribution is -2.45. The minimum absolute atomic E-state index is 0. The summed E-state index contributed by atoms with van der Waals surface area (Å²) in [5, 5.41) is 3.56. The molecular formula is C10H24N2. The number of likely N-dealkylation sites (N-methyl/N-ethyl adjacent to an activating group) is 1. The van der Waals surface area contributed by atoms with Gasteiger partial charge in [-0.15, -0.1) is 0 Å². The van der Waals surface area contributed by atoms with Gasteiger partial charge in [-0.1, -0.05) is 6.92 Å². The van der Waals surface area contributed by atoms with Gasteiger partial charge in [0.2, 0.25) is 0 Å². The molecule has 0 bridgehead atoms. The molecule has 2 heteroatoms. The minimum atomic E-state index is 0. The number of hydrogen-bond acceptors (Lipinski definition) is 2. The third-order valence-corrected chi connectivity index (χ3v) is 2.84. The van der Waals surface area contributed by atoms with Crippen molar-refractivity contribution in [2.75, 3.05) is 19.6 Å². The van der Waals surface area contributed by atoms with Crippen molar-refractivity contribution in [2.45, 2.75) is 45.7 Å². The molecule has 1 unspecified atom stereocenters. The third-order valence-electron chi connectivity index (χ3n) is 2.84. The van der Waals surface area contributed by atoms with Crippen LogP contribution < -0.4 is 5.32 Å². The lowest BCUT2D eigenvalue weighted by Gasteiger charge is -2.27. The molecule has 1 N–H and O–H groups in total.